The summed E-state index contributed by atoms with van der Waals surface area (Å²) in [7, 11) is 2.03. The Bertz CT molecular complexity index is 2000. The highest BCUT2D eigenvalue weighted by Crippen LogP contribution is 2.61. The third-order valence-corrected chi connectivity index (χ3v) is 9.72. The number of para-hydroxylation sites is 3. The van der Waals surface area contributed by atoms with Gasteiger partial charge in [0.2, 0.25) is 0 Å². The fraction of sp³-hybridized carbons (Fsp3) is 0.163. The van der Waals surface area contributed by atoms with Crippen molar-refractivity contribution in [1.29, 1.82) is 0 Å². The standard InChI is InChI=1S/C43H38N2O2/c1-42(2)38-36(29-21-25-32(26-22-29)44(5)31-15-9-6-10-16-31)40(46)43(3,4)39(38)37(41(42)47)30-23-27-35(28-24-30)45(33-17-11-7-12-18-33)34-19-13-8-14-20-34/h6-28H,1-5H3. The van der Waals surface area contributed by atoms with Gasteiger partial charge < -0.3 is 9.80 Å². The highest BCUT2D eigenvalue weighted by atomic mass is 16.1. The Labute approximate surface area is 277 Å². The van der Waals surface area contributed by atoms with Crippen LogP contribution in [0.2, 0.25) is 0 Å². The molecule has 4 heteroatoms. The second kappa shape index (κ2) is 11.4. The van der Waals surface area contributed by atoms with Crippen molar-refractivity contribution in [3.05, 3.63) is 162 Å². The number of hydrogen-bond donors (Lipinski definition) is 0. The second-order valence-corrected chi connectivity index (χ2v) is 13.4. The Hall–Kier alpha value is -5.48. The number of allylic oxidation sites excluding steroid dienone is 4. The van der Waals surface area contributed by atoms with Gasteiger partial charge in [-0.2, -0.15) is 0 Å². The molecule has 0 atom stereocenters. The Balaban J connectivity index is 1.31. The molecule has 4 nitrogen and oxygen atoms in total. The lowest BCUT2D eigenvalue weighted by molar-refractivity contribution is -0.119. The molecule has 0 amide bonds. The number of carbonyl (C=O) groups excluding carboxylic acids is 2. The van der Waals surface area contributed by atoms with E-state index in [1.165, 1.54) is 0 Å². The van der Waals surface area contributed by atoms with Crippen LogP contribution in [0.4, 0.5) is 28.4 Å². The summed E-state index contributed by atoms with van der Waals surface area (Å²) < 4.78 is 0. The summed E-state index contributed by atoms with van der Waals surface area (Å²) in [6.07, 6.45) is 0. The minimum Gasteiger partial charge on any atom is -0.345 e. The van der Waals surface area contributed by atoms with Gasteiger partial charge in [0.1, 0.15) is 0 Å². The SMILES string of the molecule is CN(c1ccccc1)c1ccc(C2=C3C(=C(c4ccc(N(c5ccccc5)c5ccccc5)cc4)C(=O)C3(C)C)C(C)(C)C2=O)cc1. The smallest absolute Gasteiger partial charge is 0.173 e. The average molecular weight is 615 g/mol. The first kappa shape index (κ1) is 30.2. The molecule has 0 N–H and O–H groups in total. The van der Waals surface area contributed by atoms with E-state index in [-0.39, 0.29) is 11.6 Å². The molecule has 5 aromatic rings. The molecule has 0 radical (unpaired) electrons. The van der Waals surface area contributed by atoms with Crippen molar-refractivity contribution >= 4 is 51.1 Å². The van der Waals surface area contributed by atoms with Gasteiger partial charge in [0, 0.05) is 46.6 Å². The number of nitrogens with zero attached hydrogens (tertiary/aromatic N) is 2. The number of hydrogen-bond acceptors (Lipinski definition) is 4. The summed E-state index contributed by atoms with van der Waals surface area (Å²) in [5, 5.41) is 0. The van der Waals surface area contributed by atoms with Gasteiger partial charge in [-0.1, -0.05) is 78.9 Å². The molecule has 2 aliphatic rings. The number of anilines is 5. The molecule has 0 aromatic heterocycles. The molecule has 47 heavy (non-hydrogen) atoms. The Morgan fingerprint density at radius 2 is 0.702 bits per heavy atom. The summed E-state index contributed by atoms with van der Waals surface area (Å²) in [5.74, 6) is 0.109. The monoisotopic (exact) mass is 614 g/mol. The summed E-state index contributed by atoms with van der Waals surface area (Å²) in [6.45, 7) is 7.85. The fourth-order valence-electron chi connectivity index (χ4n) is 7.16. The summed E-state index contributed by atoms with van der Waals surface area (Å²) in [5.41, 5.74) is 8.19. The third-order valence-electron chi connectivity index (χ3n) is 9.72. The van der Waals surface area contributed by atoms with Crippen molar-refractivity contribution in [1.82, 2.24) is 0 Å². The first-order valence-electron chi connectivity index (χ1n) is 16.1. The molecule has 5 aromatic carbocycles. The summed E-state index contributed by atoms with van der Waals surface area (Å²) in [4.78, 5) is 33.0. The highest BCUT2D eigenvalue weighted by Gasteiger charge is 2.57. The molecule has 2 aliphatic carbocycles. The number of ketones is 2. The van der Waals surface area contributed by atoms with Crippen LogP contribution in [0, 0.1) is 10.8 Å². The Morgan fingerprint density at radius 1 is 0.404 bits per heavy atom. The zero-order valence-corrected chi connectivity index (χ0v) is 27.5. The number of fused-ring (bicyclic) bond motifs is 1. The largest absolute Gasteiger partial charge is 0.345 e. The van der Waals surface area contributed by atoms with Crippen LogP contribution in [0.3, 0.4) is 0 Å². The predicted molar refractivity (Wildman–Crippen MR) is 193 cm³/mol. The molecule has 0 heterocycles. The van der Waals surface area contributed by atoms with E-state index in [1.807, 2.05) is 126 Å². The lowest BCUT2D eigenvalue weighted by Crippen LogP contribution is -2.24. The molecule has 7 rings (SSSR count). The van der Waals surface area contributed by atoms with E-state index in [4.69, 9.17) is 0 Å². The van der Waals surface area contributed by atoms with Crippen LogP contribution in [0.5, 0.6) is 0 Å². The number of carbonyl (C=O) groups is 2. The molecule has 0 aliphatic heterocycles. The highest BCUT2D eigenvalue weighted by molar-refractivity contribution is 6.39. The molecule has 0 spiro atoms. The van der Waals surface area contributed by atoms with Gasteiger partial charge >= 0.3 is 0 Å². The molecule has 0 saturated carbocycles. The topological polar surface area (TPSA) is 40.6 Å². The van der Waals surface area contributed by atoms with Crippen molar-refractivity contribution < 1.29 is 9.59 Å². The number of rotatable bonds is 7. The Morgan fingerprint density at radius 3 is 1.09 bits per heavy atom. The normalized spacial score (nSPS) is 16.4. The second-order valence-electron chi connectivity index (χ2n) is 13.4. The minimum atomic E-state index is -0.846. The van der Waals surface area contributed by atoms with Gasteiger partial charge in [-0.15, -0.1) is 0 Å². The fourth-order valence-corrected chi connectivity index (χ4v) is 7.16. The summed E-state index contributed by atoms with van der Waals surface area (Å²) >= 11 is 0. The van der Waals surface area contributed by atoms with Gasteiger partial charge in [0.15, 0.2) is 11.6 Å². The lowest BCUT2D eigenvalue weighted by Gasteiger charge is -2.26. The van der Waals surface area contributed by atoms with Gasteiger partial charge in [0.25, 0.3) is 0 Å². The van der Waals surface area contributed by atoms with E-state index in [0.717, 1.165) is 50.7 Å². The van der Waals surface area contributed by atoms with Gasteiger partial charge in [-0.3, -0.25) is 9.59 Å². The zero-order chi connectivity index (χ0) is 32.9. The molecule has 0 fully saturated rings. The van der Waals surface area contributed by atoms with Gasteiger partial charge in [-0.25, -0.2) is 0 Å². The van der Waals surface area contributed by atoms with Crippen LogP contribution in [0.25, 0.3) is 11.1 Å². The van der Waals surface area contributed by atoms with Crippen molar-refractivity contribution in [2.24, 2.45) is 10.8 Å². The van der Waals surface area contributed by atoms with Gasteiger partial charge in [-0.05, 0) is 111 Å². The van der Waals surface area contributed by atoms with Crippen LogP contribution in [-0.2, 0) is 9.59 Å². The van der Waals surface area contributed by atoms with Crippen molar-refractivity contribution in [3.63, 3.8) is 0 Å². The predicted octanol–water partition coefficient (Wildman–Crippen LogP) is 10.3. The maximum absolute atomic E-state index is 14.4. The molecule has 232 valence electrons. The average Bonchev–Trinajstić information content (AvgIpc) is 3.45. The van der Waals surface area contributed by atoms with E-state index in [2.05, 4.69) is 58.3 Å². The summed E-state index contributed by atoms with van der Waals surface area (Å²) in [6, 6.07) is 47.0. The number of benzene rings is 5. The lowest BCUT2D eigenvalue weighted by atomic mass is 9.80. The van der Waals surface area contributed by atoms with E-state index >= 15 is 0 Å². The van der Waals surface area contributed by atoms with Crippen LogP contribution in [0.1, 0.15) is 38.8 Å². The minimum absolute atomic E-state index is 0.0525. The quantitative estimate of drug-likeness (QED) is 0.183. The maximum atomic E-state index is 14.4. The maximum Gasteiger partial charge on any atom is 0.173 e. The Kier molecular flexibility index (Phi) is 7.32. The molecular formula is C43H38N2O2. The van der Waals surface area contributed by atoms with Crippen LogP contribution < -0.4 is 9.80 Å². The zero-order valence-electron chi connectivity index (χ0n) is 27.5. The van der Waals surface area contributed by atoms with Crippen molar-refractivity contribution in [2.45, 2.75) is 27.7 Å². The first-order valence-corrected chi connectivity index (χ1v) is 16.1. The van der Waals surface area contributed by atoms with E-state index in [0.29, 0.717) is 11.1 Å². The van der Waals surface area contributed by atoms with Crippen LogP contribution >= 0.6 is 0 Å². The number of Topliss-reactive ketones (excluding diaryl/α,β-unsaturated/α-hetero) is 2. The van der Waals surface area contributed by atoms with Crippen molar-refractivity contribution in [2.75, 3.05) is 16.8 Å². The van der Waals surface area contributed by atoms with E-state index in [9.17, 15) is 9.59 Å². The first-order chi connectivity index (χ1) is 22.6. The molecule has 0 unspecified atom stereocenters. The van der Waals surface area contributed by atoms with E-state index < -0.39 is 10.8 Å². The van der Waals surface area contributed by atoms with E-state index in [1.54, 1.807) is 0 Å². The van der Waals surface area contributed by atoms with Crippen LogP contribution in [-0.4, -0.2) is 18.6 Å². The van der Waals surface area contributed by atoms with Crippen LogP contribution in [0.15, 0.2) is 151 Å². The van der Waals surface area contributed by atoms with Gasteiger partial charge in [0.05, 0.1) is 10.8 Å². The molecule has 0 saturated heterocycles. The molecule has 0 bridgehead atoms. The van der Waals surface area contributed by atoms with Crippen molar-refractivity contribution in [3.8, 4) is 0 Å². The third kappa shape index (κ3) is 4.92. The molecular weight excluding hydrogens is 576 g/mol.